The predicted octanol–water partition coefficient (Wildman–Crippen LogP) is 2.00. The Morgan fingerprint density at radius 1 is 1.25 bits per heavy atom. The van der Waals surface area contributed by atoms with Crippen molar-refractivity contribution in [3.05, 3.63) is 35.4 Å². The van der Waals surface area contributed by atoms with Crippen LogP contribution in [0.3, 0.4) is 0 Å². The number of carbonyl (C=O) groups is 2. The third kappa shape index (κ3) is 2.19. The number of rotatable bonds is 3. The standard InChI is InChI=1S/C16H19NO3/c1-10-2-4-11(5-3-10)8-15(18)17-12-6-7-14(17)13(9-12)16(19)20/h2-5,12-14H,6-9H2,1H3,(H,19,20). The zero-order valence-corrected chi connectivity index (χ0v) is 11.6. The first-order valence-corrected chi connectivity index (χ1v) is 7.16. The number of benzene rings is 1. The number of aryl methyl sites for hydroxylation is 1. The van der Waals surface area contributed by atoms with Crippen molar-refractivity contribution >= 4 is 11.9 Å². The Morgan fingerprint density at radius 3 is 2.55 bits per heavy atom. The zero-order chi connectivity index (χ0) is 14.3. The highest BCUT2D eigenvalue weighted by Gasteiger charge is 2.50. The van der Waals surface area contributed by atoms with Crippen LogP contribution >= 0.6 is 0 Å². The van der Waals surface area contributed by atoms with Gasteiger partial charge in [0.1, 0.15) is 0 Å². The lowest BCUT2D eigenvalue weighted by molar-refractivity contribution is -0.143. The second-order valence-corrected chi connectivity index (χ2v) is 5.94. The monoisotopic (exact) mass is 273 g/mol. The lowest BCUT2D eigenvalue weighted by Crippen LogP contribution is -2.38. The molecule has 0 radical (unpaired) electrons. The van der Waals surface area contributed by atoms with E-state index in [0.29, 0.717) is 12.8 Å². The van der Waals surface area contributed by atoms with Crippen molar-refractivity contribution in [1.82, 2.24) is 4.90 Å². The highest BCUT2D eigenvalue weighted by atomic mass is 16.4. The summed E-state index contributed by atoms with van der Waals surface area (Å²) in [6, 6.07) is 8.00. The minimum absolute atomic E-state index is 0.0742. The summed E-state index contributed by atoms with van der Waals surface area (Å²) in [5.41, 5.74) is 2.17. The summed E-state index contributed by atoms with van der Waals surface area (Å²) in [4.78, 5) is 25.5. The van der Waals surface area contributed by atoms with E-state index < -0.39 is 5.97 Å². The fraction of sp³-hybridized carbons (Fsp3) is 0.500. The average molecular weight is 273 g/mol. The van der Waals surface area contributed by atoms with Crippen LogP contribution in [0.15, 0.2) is 24.3 Å². The summed E-state index contributed by atoms with van der Waals surface area (Å²) in [7, 11) is 0. The van der Waals surface area contributed by atoms with Crippen LogP contribution in [-0.4, -0.2) is 34.0 Å². The molecule has 3 unspecified atom stereocenters. The molecule has 4 nitrogen and oxygen atoms in total. The Morgan fingerprint density at radius 2 is 1.95 bits per heavy atom. The van der Waals surface area contributed by atoms with E-state index in [9.17, 15) is 14.7 Å². The van der Waals surface area contributed by atoms with Gasteiger partial charge in [0.05, 0.1) is 12.3 Å². The van der Waals surface area contributed by atoms with Crippen molar-refractivity contribution in [3.8, 4) is 0 Å². The second-order valence-electron chi connectivity index (χ2n) is 5.94. The fourth-order valence-corrected chi connectivity index (χ4v) is 3.61. The fourth-order valence-electron chi connectivity index (χ4n) is 3.61. The number of nitrogens with zero attached hydrogens (tertiary/aromatic N) is 1. The lowest BCUT2D eigenvalue weighted by Gasteiger charge is -2.23. The third-order valence-corrected chi connectivity index (χ3v) is 4.62. The largest absolute Gasteiger partial charge is 0.481 e. The van der Waals surface area contributed by atoms with Crippen molar-refractivity contribution in [2.24, 2.45) is 5.92 Å². The molecule has 1 N–H and O–H groups in total. The molecule has 3 atom stereocenters. The van der Waals surface area contributed by atoms with Crippen molar-refractivity contribution in [3.63, 3.8) is 0 Å². The topological polar surface area (TPSA) is 57.6 Å². The Labute approximate surface area is 118 Å². The Balaban J connectivity index is 1.72. The van der Waals surface area contributed by atoms with Crippen molar-refractivity contribution in [2.45, 2.75) is 44.7 Å². The van der Waals surface area contributed by atoms with E-state index in [1.165, 1.54) is 5.56 Å². The molecular formula is C16H19NO3. The van der Waals surface area contributed by atoms with Crippen molar-refractivity contribution in [1.29, 1.82) is 0 Å². The Hall–Kier alpha value is -1.84. The molecule has 0 saturated carbocycles. The lowest BCUT2D eigenvalue weighted by atomic mass is 9.89. The van der Waals surface area contributed by atoms with Crippen LogP contribution in [0, 0.1) is 12.8 Å². The van der Waals surface area contributed by atoms with Crippen LogP contribution in [-0.2, 0) is 16.0 Å². The molecule has 2 saturated heterocycles. The molecule has 2 bridgehead atoms. The van der Waals surface area contributed by atoms with E-state index in [1.807, 2.05) is 36.1 Å². The molecule has 2 aliphatic rings. The molecule has 1 aromatic rings. The molecule has 2 aliphatic heterocycles. The van der Waals surface area contributed by atoms with Gasteiger partial charge in [0.25, 0.3) is 0 Å². The molecule has 0 spiro atoms. The van der Waals surface area contributed by atoms with Crippen LogP contribution in [0.4, 0.5) is 0 Å². The van der Waals surface area contributed by atoms with E-state index in [2.05, 4.69) is 0 Å². The maximum atomic E-state index is 12.5. The first kappa shape index (κ1) is 13.2. The predicted molar refractivity (Wildman–Crippen MR) is 74.3 cm³/mol. The number of carboxylic acids is 1. The van der Waals surface area contributed by atoms with E-state index in [1.54, 1.807) is 0 Å². The van der Waals surface area contributed by atoms with Crippen LogP contribution in [0.1, 0.15) is 30.4 Å². The summed E-state index contributed by atoms with van der Waals surface area (Å²) >= 11 is 0. The van der Waals surface area contributed by atoms with Gasteiger partial charge in [0.15, 0.2) is 0 Å². The molecule has 4 heteroatoms. The molecule has 0 aromatic heterocycles. The molecule has 2 fully saturated rings. The number of amides is 1. The SMILES string of the molecule is Cc1ccc(CC(=O)N2C3CCC2C(C(=O)O)C3)cc1. The van der Waals surface area contributed by atoms with Gasteiger partial charge >= 0.3 is 5.97 Å². The third-order valence-electron chi connectivity index (χ3n) is 4.62. The molecule has 106 valence electrons. The molecule has 0 aliphatic carbocycles. The average Bonchev–Trinajstić information content (AvgIpc) is 2.99. The summed E-state index contributed by atoms with van der Waals surface area (Å²) in [5.74, 6) is -1.05. The van der Waals surface area contributed by atoms with Gasteiger partial charge in [-0.25, -0.2) is 0 Å². The Bertz CT molecular complexity index is 537. The highest BCUT2D eigenvalue weighted by Crippen LogP contribution is 2.42. The molecular weight excluding hydrogens is 254 g/mol. The number of aliphatic carboxylic acids is 1. The number of hydrogen-bond donors (Lipinski definition) is 1. The van der Waals surface area contributed by atoms with Gasteiger partial charge in [-0.1, -0.05) is 29.8 Å². The summed E-state index contributed by atoms with van der Waals surface area (Å²) in [5, 5.41) is 9.22. The maximum absolute atomic E-state index is 12.5. The second kappa shape index (κ2) is 4.93. The minimum Gasteiger partial charge on any atom is -0.481 e. The highest BCUT2D eigenvalue weighted by molar-refractivity contribution is 5.82. The molecule has 3 rings (SSSR count). The maximum Gasteiger partial charge on any atom is 0.308 e. The van der Waals surface area contributed by atoms with E-state index >= 15 is 0 Å². The molecule has 2 heterocycles. The number of carboxylic acid groups (broad SMARTS) is 1. The van der Waals surface area contributed by atoms with Gasteiger partial charge in [-0.3, -0.25) is 9.59 Å². The van der Waals surface area contributed by atoms with Gasteiger partial charge in [-0.05, 0) is 31.7 Å². The van der Waals surface area contributed by atoms with Gasteiger partial charge < -0.3 is 10.0 Å². The van der Waals surface area contributed by atoms with Crippen LogP contribution in [0.5, 0.6) is 0 Å². The first-order valence-electron chi connectivity index (χ1n) is 7.16. The first-order chi connectivity index (χ1) is 9.56. The normalized spacial score (nSPS) is 27.9. The van der Waals surface area contributed by atoms with Crippen LogP contribution in [0.2, 0.25) is 0 Å². The molecule has 1 amide bonds. The van der Waals surface area contributed by atoms with Crippen molar-refractivity contribution in [2.75, 3.05) is 0 Å². The summed E-state index contributed by atoms with van der Waals surface area (Å²) in [6.07, 6.45) is 2.79. The summed E-state index contributed by atoms with van der Waals surface area (Å²) < 4.78 is 0. The molecule has 1 aromatic carbocycles. The molecule has 20 heavy (non-hydrogen) atoms. The van der Waals surface area contributed by atoms with Gasteiger partial charge in [0.2, 0.25) is 5.91 Å². The van der Waals surface area contributed by atoms with Gasteiger partial charge in [0, 0.05) is 12.1 Å². The number of carbonyl (C=O) groups excluding carboxylic acids is 1. The van der Waals surface area contributed by atoms with Gasteiger partial charge in [-0.15, -0.1) is 0 Å². The number of hydrogen-bond acceptors (Lipinski definition) is 2. The van der Waals surface area contributed by atoms with E-state index in [0.717, 1.165) is 18.4 Å². The summed E-state index contributed by atoms with van der Waals surface area (Å²) in [6.45, 7) is 2.02. The van der Waals surface area contributed by atoms with E-state index in [-0.39, 0.29) is 23.9 Å². The minimum atomic E-state index is -0.759. The number of fused-ring (bicyclic) bond motifs is 2. The van der Waals surface area contributed by atoms with Crippen molar-refractivity contribution < 1.29 is 14.7 Å². The zero-order valence-electron chi connectivity index (χ0n) is 11.6. The van der Waals surface area contributed by atoms with Crippen LogP contribution in [0.25, 0.3) is 0 Å². The Kier molecular flexibility index (Phi) is 3.24. The smallest absolute Gasteiger partial charge is 0.308 e. The van der Waals surface area contributed by atoms with E-state index in [4.69, 9.17) is 0 Å². The van der Waals surface area contributed by atoms with Gasteiger partial charge in [-0.2, -0.15) is 0 Å². The van der Waals surface area contributed by atoms with Crippen LogP contribution < -0.4 is 0 Å². The quantitative estimate of drug-likeness (QED) is 0.916.